The highest BCUT2D eigenvalue weighted by atomic mass is 16.6. The molecule has 118 valence electrons. The third-order valence-corrected chi connectivity index (χ3v) is 2.94. The first-order valence-corrected chi connectivity index (χ1v) is 6.11. The van der Waals surface area contributed by atoms with E-state index in [1.54, 1.807) is 19.1 Å². The van der Waals surface area contributed by atoms with Gasteiger partial charge in [-0.3, -0.25) is 30.3 Å². The number of aromatic nitrogens is 1. The zero-order valence-corrected chi connectivity index (χ0v) is 11.6. The highest BCUT2D eigenvalue weighted by molar-refractivity contribution is 5.81. The molecule has 0 fully saturated rings. The van der Waals surface area contributed by atoms with E-state index in [4.69, 9.17) is 0 Å². The zero-order valence-electron chi connectivity index (χ0n) is 11.6. The van der Waals surface area contributed by atoms with Gasteiger partial charge in [-0.25, -0.2) is 4.98 Å². The van der Waals surface area contributed by atoms with Crippen molar-refractivity contribution in [2.24, 2.45) is 0 Å². The molecule has 0 bridgehead atoms. The van der Waals surface area contributed by atoms with Crippen LogP contribution in [-0.4, -0.2) is 19.8 Å². The molecule has 0 aliphatic carbocycles. The summed E-state index contributed by atoms with van der Waals surface area (Å²) in [6.07, 6.45) is 1.40. The molecular formula is C12H9N5O6. The average molecular weight is 319 g/mol. The van der Waals surface area contributed by atoms with Gasteiger partial charge < -0.3 is 5.32 Å². The Kier molecular flexibility index (Phi) is 4.12. The predicted molar refractivity (Wildman–Crippen MR) is 78.7 cm³/mol. The van der Waals surface area contributed by atoms with E-state index >= 15 is 0 Å². The number of benzene rings is 1. The molecule has 0 saturated carbocycles. The highest BCUT2D eigenvalue weighted by Gasteiger charge is 2.31. The van der Waals surface area contributed by atoms with E-state index in [-0.39, 0.29) is 5.82 Å². The quantitative estimate of drug-likeness (QED) is 0.651. The van der Waals surface area contributed by atoms with Crippen molar-refractivity contribution in [2.75, 3.05) is 5.32 Å². The normalized spacial score (nSPS) is 10.1. The average Bonchev–Trinajstić information content (AvgIpc) is 2.48. The van der Waals surface area contributed by atoms with Gasteiger partial charge in [0.1, 0.15) is 5.82 Å². The number of nitro groups is 3. The van der Waals surface area contributed by atoms with Gasteiger partial charge in [0.25, 0.3) is 5.69 Å². The first-order chi connectivity index (χ1) is 10.8. The Morgan fingerprint density at radius 3 is 2.00 bits per heavy atom. The Morgan fingerprint density at radius 2 is 1.57 bits per heavy atom. The maximum atomic E-state index is 11.1. The fraction of sp³-hybridized carbons (Fsp3) is 0.0833. The van der Waals surface area contributed by atoms with Crippen LogP contribution in [0.15, 0.2) is 30.5 Å². The molecule has 11 nitrogen and oxygen atoms in total. The standard InChI is InChI=1S/C12H9N5O6/c1-7-3-2-4-13-12(7)14-11-9(16(20)21)5-8(15(18)19)6-10(11)17(22)23/h2-6H,1H3,(H,13,14). The second kappa shape index (κ2) is 6.01. The van der Waals surface area contributed by atoms with E-state index in [0.717, 1.165) is 0 Å². The van der Waals surface area contributed by atoms with Crippen molar-refractivity contribution in [1.82, 2.24) is 4.98 Å². The van der Waals surface area contributed by atoms with E-state index < -0.39 is 37.5 Å². The number of hydrogen-bond donors (Lipinski definition) is 1. The SMILES string of the molecule is Cc1cccnc1Nc1c([N+](=O)[O-])cc([N+](=O)[O-])cc1[N+](=O)[O-]. The van der Waals surface area contributed by atoms with E-state index in [1.807, 2.05) is 0 Å². The molecule has 2 rings (SSSR count). The summed E-state index contributed by atoms with van der Waals surface area (Å²) in [5.41, 5.74) is -2.18. The Hall–Kier alpha value is -3.63. The van der Waals surface area contributed by atoms with Crippen molar-refractivity contribution in [3.63, 3.8) is 0 Å². The fourth-order valence-corrected chi connectivity index (χ4v) is 1.85. The molecule has 0 radical (unpaired) electrons. The van der Waals surface area contributed by atoms with Crippen molar-refractivity contribution in [2.45, 2.75) is 6.92 Å². The lowest BCUT2D eigenvalue weighted by Gasteiger charge is -2.09. The van der Waals surface area contributed by atoms with Gasteiger partial charge >= 0.3 is 11.4 Å². The Labute approximate surface area is 128 Å². The second-order valence-electron chi connectivity index (χ2n) is 4.42. The monoisotopic (exact) mass is 319 g/mol. The summed E-state index contributed by atoms with van der Waals surface area (Å²) >= 11 is 0. The summed E-state index contributed by atoms with van der Waals surface area (Å²) < 4.78 is 0. The molecule has 0 atom stereocenters. The molecule has 2 aromatic rings. The third-order valence-electron chi connectivity index (χ3n) is 2.94. The molecule has 1 aromatic carbocycles. The van der Waals surface area contributed by atoms with Gasteiger partial charge in [0.05, 0.1) is 26.9 Å². The van der Waals surface area contributed by atoms with Crippen LogP contribution >= 0.6 is 0 Å². The number of aryl methyl sites for hydroxylation is 1. The molecule has 11 heteroatoms. The third kappa shape index (κ3) is 3.18. The van der Waals surface area contributed by atoms with Crippen LogP contribution in [-0.2, 0) is 0 Å². The van der Waals surface area contributed by atoms with E-state index in [1.165, 1.54) is 6.20 Å². The molecule has 1 aromatic heterocycles. The number of pyridine rings is 1. The number of nitrogens with one attached hydrogen (secondary N) is 1. The molecule has 1 heterocycles. The topological polar surface area (TPSA) is 154 Å². The summed E-state index contributed by atoms with van der Waals surface area (Å²) in [6, 6.07) is 4.60. The van der Waals surface area contributed by atoms with Crippen LogP contribution in [0.3, 0.4) is 0 Å². The van der Waals surface area contributed by atoms with Crippen LogP contribution in [0.4, 0.5) is 28.6 Å². The lowest BCUT2D eigenvalue weighted by atomic mass is 10.2. The van der Waals surface area contributed by atoms with Gasteiger partial charge in [-0.05, 0) is 18.6 Å². The van der Waals surface area contributed by atoms with Gasteiger partial charge in [0.2, 0.25) is 0 Å². The molecule has 0 aliphatic heterocycles. The minimum absolute atomic E-state index is 0.174. The van der Waals surface area contributed by atoms with Gasteiger partial charge in [0, 0.05) is 6.20 Å². The maximum Gasteiger partial charge on any atom is 0.306 e. The van der Waals surface area contributed by atoms with Crippen LogP contribution < -0.4 is 5.32 Å². The van der Waals surface area contributed by atoms with Crippen LogP contribution in [0.2, 0.25) is 0 Å². The van der Waals surface area contributed by atoms with Gasteiger partial charge in [-0.15, -0.1) is 0 Å². The van der Waals surface area contributed by atoms with Crippen molar-refractivity contribution in [1.29, 1.82) is 0 Å². The van der Waals surface area contributed by atoms with Crippen LogP contribution in [0.25, 0.3) is 0 Å². The largest absolute Gasteiger partial charge is 0.329 e. The maximum absolute atomic E-state index is 11.1. The minimum atomic E-state index is -0.935. The summed E-state index contributed by atoms with van der Waals surface area (Å²) in [5, 5.41) is 35.6. The Morgan fingerprint density at radius 1 is 1.00 bits per heavy atom. The second-order valence-corrected chi connectivity index (χ2v) is 4.42. The predicted octanol–water partition coefficient (Wildman–Crippen LogP) is 2.86. The van der Waals surface area contributed by atoms with Gasteiger partial charge in [-0.2, -0.15) is 0 Å². The van der Waals surface area contributed by atoms with Crippen molar-refractivity contribution < 1.29 is 14.8 Å². The lowest BCUT2D eigenvalue weighted by Crippen LogP contribution is -2.05. The summed E-state index contributed by atoms with van der Waals surface area (Å²) in [4.78, 5) is 34.2. The van der Waals surface area contributed by atoms with Crippen LogP contribution in [0, 0.1) is 37.3 Å². The smallest absolute Gasteiger partial charge is 0.306 e. The number of nitro benzene ring substituents is 3. The zero-order chi connectivity index (χ0) is 17.1. The molecule has 0 unspecified atom stereocenters. The molecule has 0 saturated heterocycles. The van der Waals surface area contributed by atoms with Crippen molar-refractivity contribution >= 4 is 28.6 Å². The van der Waals surface area contributed by atoms with E-state index in [0.29, 0.717) is 17.7 Å². The van der Waals surface area contributed by atoms with Crippen LogP contribution in [0.1, 0.15) is 5.56 Å². The first-order valence-electron chi connectivity index (χ1n) is 6.11. The highest BCUT2D eigenvalue weighted by Crippen LogP contribution is 2.40. The number of anilines is 2. The van der Waals surface area contributed by atoms with Crippen LogP contribution in [0.5, 0.6) is 0 Å². The molecule has 1 N–H and O–H groups in total. The van der Waals surface area contributed by atoms with E-state index in [9.17, 15) is 30.3 Å². The molecular weight excluding hydrogens is 310 g/mol. The molecule has 0 spiro atoms. The first kappa shape index (κ1) is 15.8. The Bertz CT molecular complexity index is 786. The van der Waals surface area contributed by atoms with E-state index in [2.05, 4.69) is 10.3 Å². The lowest BCUT2D eigenvalue weighted by molar-refractivity contribution is -0.401. The van der Waals surface area contributed by atoms with Crippen molar-refractivity contribution in [3.8, 4) is 0 Å². The molecule has 23 heavy (non-hydrogen) atoms. The summed E-state index contributed by atoms with van der Waals surface area (Å²) in [6.45, 7) is 1.65. The minimum Gasteiger partial charge on any atom is -0.329 e. The Balaban J connectivity index is 2.69. The molecule has 0 amide bonds. The summed E-state index contributed by atoms with van der Waals surface area (Å²) in [5.74, 6) is 0.174. The van der Waals surface area contributed by atoms with Gasteiger partial charge in [0.15, 0.2) is 5.69 Å². The number of hydrogen-bond acceptors (Lipinski definition) is 8. The van der Waals surface area contributed by atoms with Crippen molar-refractivity contribution in [3.05, 3.63) is 66.4 Å². The fourth-order valence-electron chi connectivity index (χ4n) is 1.85. The number of nitrogens with zero attached hydrogens (tertiary/aromatic N) is 4. The number of rotatable bonds is 5. The molecule has 0 aliphatic rings. The summed E-state index contributed by atoms with van der Waals surface area (Å²) in [7, 11) is 0. The number of non-ortho nitro benzene ring substituents is 1. The van der Waals surface area contributed by atoms with Gasteiger partial charge in [-0.1, -0.05) is 6.07 Å².